The number of hydrogen-bond acceptors (Lipinski definition) is 5. The number of rotatable bonds is 6. The SMILES string of the molecule is COc1cc(/C=C/C(=O)OCC(=O)Nc2cc(F)ccc2F)ccc1O. The highest BCUT2D eigenvalue weighted by molar-refractivity contribution is 5.94. The predicted octanol–water partition coefficient (Wildman–Crippen LogP) is 2.87. The van der Waals surface area contributed by atoms with Crippen LogP contribution in [-0.4, -0.2) is 30.7 Å². The number of phenols is 1. The van der Waals surface area contributed by atoms with Gasteiger partial charge in [0, 0.05) is 12.1 Å². The Labute approximate surface area is 147 Å². The highest BCUT2D eigenvalue weighted by atomic mass is 19.1. The zero-order valence-electron chi connectivity index (χ0n) is 13.7. The van der Waals surface area contributed by atoms with E-state index in [-0.39, 0.29) is 17.2 Å². The van der Waals surface area contributed by atoms with Crippen LogP contribution in [0.1, 0.15) is 5.56 Å². The Morgan fingerprint density at radius 1 is 1.19 bits per heavy atom. The summed E-state index contributed by atoms with van der Waals surface area (Å²) in [6.45, 7) is -0.669. The first-order valence-corrected chi connectivity index (χ1v) is 7.36. The number of carbonyl (C=O) groups is 2. The van der Waals surface area contributed by atoms with Crippen LogP contribution in [0.3, 0.4) is 0 Å². The number of esters is 1. The molecule has 26 heavy (non-hydrogen) atoms. The minimum absolute atomic E-state index is 0.0477. The molecule has 8 heteroatoms. The maximum atomic E-state index is 13.4. The molecule has 0 aromatic heterocycles. The monoisotopic (exact) mass is 363 g/mol. The number of aromatic hydroxyl groups is 1. The van der Waals surface area contributed by atoms with Crippen LogP contribution in [0, 0.1) is 11.6 Å². The van der Waals surface area contributed by atoms with Gasteiger partial charge in [0.1, 0.15) is 11.6 Å². The third-order valence-corrected chi connectivity index (χ3v) is 3.16. The molecule has 0 atom stereocenters. The number of nitrogens with one attached hydrogen (secondary N) is 1. The van der Waals surface area contributed by atoms with Gasteiger partial charge in [0.2, 0.25) is 0 Å². The Bertz CT molecular complexity index is 851. The molecule has 2 N–H and O–H groups in total. The van der Waals surface area contributed by atoms with Crippen LogP contribution in [0.2, 0.25) is 0 Å². The molecule has 136 valence electrons. The second-order valence-corrected chi connectivity index (χ2v) is 5.04. The van der Waals surface area contributed by atoms with E-state index in [0.717, 1.165) is 24.3 Å². The number of anilines is 1. The second kappa shape index (κ2) is 8.61. The van der Waals surface area contributed by atoms with Gasteiger partial charge in [0.25, 0.3) is 5.91 Å². The number of halogens is 2. The Balaban J connectivity index is 1.88. The summed E-state index contributed by atoms with van der Waals surface area (Å²) in [5.41, 5.74) is 0.209. The molecule has 2 aromatic carbocycles. The van der Waals surface area contributed by atoms with Crippen molar-refractivity contribution in [3.63, 3.8) is 0 Å². The molecule has 6 nitrogen and oxygen atoms in total. The summed E-state index contributed by atoms with van der Waals surface area (Å²) in [6, 6.07) is 7.03. The van der Waals surface area contributed by atoms with E-state index >= 15 is 0 Å². The normalized spacial score (nSPS) is 10.6. The lowest BCUT2D eigenvalue weighted by Gasteiger charge is -2.06. The summed E-state index contributed by atoms with van der Waals surface area (Å²) in [6.07, 6.45) is 2.47. The van der Waals surface area contributed by atoms with Crippen molar-refractivity contribution < 1.29 is 33.0 Å². The van der Waals surface area contributed by atoms with Crippen molar-refractivity contribution in [1.29, 1.82) is 0 Å². The van der Waals surface area contributed by atoms with Crippen molar-refractivity contribution in [2.75, 3.05) is 19.0 Å². The molecule has 2 aromatic rings. The number of amides is 1. The van der Waals surface area contributed by atoms with Gasteiger partial charge in [-0.1, -0.05) is 6.07 Å². The highest BCUT2D eigenvalue weighted by Crippen LogP contribution is 2.26. The number of methoxy groups -OCH3 is 1. The maximum absolute atomic E-state index is 13.4. The molecule has 0 aliphatic rings. The molecule has 0 bridgehead atoms. The van der Waals surface area contributed by atoms with Gasteiger partial charge in [0.05, 0.1) is 12.8 Å². The molecule has 0 radical (unpaired) electrons. The average molecular weight is 363 g/mol. The van der Waals surface area contributed by atoms with E-state index in [1.807, 2.05) is 0 Å². The fourth-order valence-corrected chi connectivity index (χ4v) is 1.93. The summed E-state index contributed by atoms with van der Waals surface area (Å²) in [5.74, 6) is -2.97. The quantitative estimate of drug-likeness (QED) is 0.609. The Morgan fingerprint density at radius 3 is 2.69 bits per heavy atom. The largest absolute Gasteiger partial charge is 0.504 e. The molecular weight excluding hydrogens is 348 g/mol. The fraction of sp³-hybridized carbons (Fsp3) is 0.111. The van der Waals surface area contributed by atoms with Crippen molar-refractivity contribution in [3.05, 3.63) is 59.7 Å². The van der Waals surface area contributed by atoms with Crippen LogP contribution in [-0.2, 0) is 14.3 Å². The van der Waals surface area contributed by atoms with Crippen molar-refractivity contribution in [3.8, 4) is 11.5 Å². The molecule has 0 aliphatic carbocycles. The predicted molar refractivity (Wildman–Crippen MR) is 89.6 cm³/mol. The van der Waals surface area contributed by atoms with E-state index in [2.05, 4.69) is 5.32 Å². The minimum Gasteiger partial charge on any atom is -0.504 e. The smallest absolute Gasteiger partial charge is 0.331 e. The van der Waals surface area contributed by atoms with E-state index in [0.29, 0.717) is 5.56 Å². The van der Waals surface area contributed by atoms with Crippen molar-refractivity contribution in [1.82, 2.24) is 0 Å². The van der Waals surface area contributed by atoms with E-state index < -0.39 is 30.1 Å². The fourth-order valence-electron chi connectivity index (χ4n) is 1.93. The number of ether oxygens (including phenoxy) is 2. The van der Waals surface area contributed by atoms with Crippen LogP contribution < -0.4 is 10.1 Å². The third kappa shape index (κ3) is 5.30. The molecule has 0 spiro atoms. The van der Waals surface area contributed by atoms with Crippen molar-refractivity contribution in [2.24, 2.45) is 0 Å². The lowest BCUT2D eigenvalue weighted by atomic mass is 10.2. The molecular formula is C18H15F2NO5. The number of phenolic OH excluding ortho intramolecular Hbond substituents is 1. The molecule has 0 aliphatic heterocycles. The van der Waals surface area contributed by atoms with Gasteiger partial charge < -0.3 is 19.9 Å². The lowest BCUT2D eigenvalue weighted by molar-refractivity contribution is -0.142. The number of carbonyl (C=O) groups excluding carboxylic acids is 2. The van der Waals surface area contributed by atoms with E-state index in [4.69, 9.17) is 9.47 Å². The van der Waals surface area contributed by atoms with Crippen molar-refractivity contribution >= 4 is 23.6 Å². The van der Waals surface area contributed by atoms with Gasteiger partial charge >= 0.3 is 5.97 Å². The molecule has 0 unspecified atom stereocenters. The summed E-state index contributed by atoms with van der Waals surface area (Å²) < 4.78 is 36.1. The zero-order valence-corrected chi connectivity index (χ0v) is 13.7. The Hall–Kier alpha value is -3.42. The van der Waals surface area contributed by atoms with Crippen molar-refractivity contribution in [2.45, 2.75) is 0 Å². The molecule has 0 heterocycles. The Kier molecular flexibility index (Phi) is 6.26. The maximum Gasteiger partial charge on any atom is 0.331 e. The van der Waals surface area contributed by atoms with Gasteiger partial charge in [-0.2, -0.15) is 0 Å². The van der Waals surface area contributed by atoms with Gasteiger partial charge in [-0.3, -0.25) is 4.79 Å². The third-order valence-electron chi connectivity index (χ3n) is 3.16. The van der Waals surface area contributed by atoms with E-state index in [1.165, 1.54) is 25.3 Å². The standard InChI is InChI=1S/C18H15F2NO5/c1-25-16-8-11(2-6-15(16)22)3-7-18(24)26-10-17(23)21-14-9-12(19)4-5-13(14)20/h2-9,22H,10H2,1H3,(H,21,23)/b7-3+. The first-order chi connectivity index (χ1) is 12.4. The van der Waals surface area contributed by atoms with Gasteiger partial charge in [0.15, 0.2) is 18.1 Å². The minimum atomic E-state index is -0.817. The van der Waals surface area contributed by atoms with Gasteiger partial charge in [-0.15, -0.1) is 0 Å². The second-order valence-electron chi connectivity index (χ2n) is 5.04. The number of benzene rings is 2. The van der Waals surface area contributed by atoms with Crippen LogP contribution in [0.25, 0.3) is 6.08 Å². The van der Waals surface area contributed by atoms with E-state index in [9.17, 15) is 23.5 Å². The summed E-state index contributed by atoms with van der Waals surface area (Å²) in [4.78, 5) is 23.2. The summed E-state index contributed by atoms with van der Waals surface area (Å²) in [5, 5.41) is 11.6. The molecule has 0 fully saturated rings. The van der Waals surface area contributed by atoms with Crippen LogP contribution in [0.5, 0.6) is 11.5 Å². The van der Waals surface area contributed by atoms with Crippen LogP contribution in [0.15, 0.2) is 42.5 Å². The first kappa shape index (κ1) is 18.9. The van der Waals surface area contributed by atoms with Gasteiger partial charge in [-0.05, 0) is 35.9 Å². The lowest BCUT2D eigenvalue weighted by Crippen LogP contribution is -2.20. The van der Waals surface area contributed by atoms with Crippen LogP contribution in [0.4, 0.5) is 14.5 Å². The summed E-state index contributed by atoms with van der Waals surface area (Å²) in [7, 11) is 1.39. The molecule has 0 saturated heterocycles. The van der Waals surface area contributed by atoms with Gasteiger partial charge in [-0.25, -0.2) is 13.6 Å². The van der Waals surface area contributed by atoms with Crippen LogP contribution >= 0.6 is 0 Å². The molecule has 2 rings (SSSR count). The Morgan fingerprint density at radius 2 is 1.96 bits per heavy atom. The first-order valence-electron chi connectivity index (χ1n) is 7.36. The highest BCUT2D eigenvalue weighted by Gasteiger charge is 2.10. The average Bonchev–Trinajstić information content (AvgIpc) is 2.62. The summed E-state index contributed by atoms with van der Waals surface area (Å²) >= 11 is 0. The number of hydrogen-bond donors (Lipinski definition) is 2. The molecule has 1 amide bonds. The zero-order chi connectivity index (χ0) is 19.1. The van der Waals surface area contributed by atoms with E-state index in [1.54, 1.807) is 6.07 Å². The molecule has 0 saturated carbocycles. The topological polar surface area (TPSA) is 84.9 Å².